The summed E-state index contributed by atoms with van der Waals surface area (Å²) in [5.41, 5.74) is -0.383. The summed E-state index contributed by atoms with van der Waals surface area (Å²) in [6, 6.07) is 0. The van der Waals surface area contributed by atoms with Crippen molar-refractivity contribution in [1.82, 2.24) is 9.55 Å². The number of hydrogen-bond donors (Lipinski definition) is 1. The average Bonchev–Trinajstić information content (AvgIpc) is 2.78. The Morgan fingerprint density at radius 2 is 2.53 bits per heavy atom. The van der Waals surface area contributed by atoms with Gasteiger partial charge >= 0.3 is 0 Å². The molecule has 1 aromatic heterocycles. The Labute approximate surface area is 89.9 Å². The molecule has 4 heteroatoms. The van der Waals surface area contributed by atoms with E-state index in [0.29, 0.717) is 6.42 Å². The minimum atomic E-state index is -0.471. The van der Waals surface area contributed by atoms with E-state index in [4.69, 9.17) is 4.74 Å². The summed E-state index contributed by atoms with van der Waals surface area (Å²) in [4.78, 5) is 4.21. The highest BCUT2D eigenvalue weighted by Crippen LogP contribution is 2.29. The summed E-state index contributed by atoms with van der Waals surface area (Å²) in [7, 11) is 1.94. The van der Waals surface area contributed by atoms with Crippen LogP contribution in [-0.2, 0) is 18.2 Å². The molecule has 0 amide bonds. The first-order valence-electron chi connectivity index (χ1n) is 5.40. The van der Waals surface area contributed by atoms with Crippen LogP contribution in [0, 0.1) is 0 Å². The van der Waals surface area contributed by atoms with Gasteiger partial charge in [0.1, 0.15) is 5.82 Å². The molecule has 1 N–H and O–H groups in total. The van der Waals surface area contributed by atoms with E-state index < -0.39 is 6.10 Å². The van der Waals surface area contributed by atoms with Crippen LogP contribution in [0.2, 0.25) is 0 Å². The van der Waals surface area contributed by atoms with Gasteiger partial charge in [-0.25, -0.2) is 4.98 Å². The third-order valence-electron chi connectivity index (χ3n) is 3.25. The molecule has 1 aromatic rings. The number of aliphatic hydroxyl groups excluding tert-OH is 1. The van der Waals surface area contributed by atoms with E-state index in [0.717, 1.165) is 25.3 Å². The van der Waals surface area contributed by atoms with Crippen molar-refractivity contribution in [2.75, 3.05) is 6.61 Å². The molecule has 4 nitrogen and oxygen atoms in total. The largest absolute Gasteiger partial charge is 0.390 e. The quantitative estimate of drug-likeness (QED) is 0.806. The lowest BCUT2D eigenvalue weighted by atomic mass is 9.93. The van der Waals surface area contributed by atoms with Gasteiger partial charge in [-0.05, 0) is 19.8 Å². The summed E-state index contributed by atoms with van der Waals surface area (Å²) < 4.78 is 7.54. The van der Waals surface area contributed by atoms with Crippen LogP contribution in [0.25, 0.3) is 0 Å². The standard InChI is InChI=1S/C11H18N2O2/c1-11(4-3-7-15-11)9(14)8-10-12-5-6-13(10)2/h5-6,9,14H,3-4,7-8H2,1-2H3. The zero-order chi connectivity index (χ0) is 10.9. The van der Waals surface area contributed by atoms with Crippen LogP contribution in [-0.4, -0.2) is 33.0 Å². The fourth-order valence-electron chi connectivity index (χ4n) is 2.05. The Hall–Kier alpha value is -0.870. The molecular formula is C11H18N2O2. The zero-order valence-electron chi connectivity index (χ0n) is 9.31. The number of hydrogen-bond acceptors (Lipinski definition) is 3. The molecule has 0 radical (unpaired) electrons. The fraction of sp³-hybridized carbons (Fsp3) is 0.727. The number of rotatable bonds is 3. The van der Waals surface area contributed by atoms with Crippen molar-refractivity contribution < 1.29 is 9.84 Å². The Kier molecular flexibility index (Phi) is 2.80. The lowest BCUT2D eigenvalue weighted by Gasteiger charge is -2.29. The number of aliphatic hydroxyl groups is 1. The SMILES string of the molecule is Cn1ccnc1CC(O)C1(C)CCCO1. The second-order valence-electron chi connectivity index (χ2n) is 4.44. The molecular weight excluding hydrogens is 192 g/mol. The predicted octanol–water partition coefficient (Wildman–Crippen LogP) is 0.893. The molecule has 2 unspecified atom stereocenters. The van der Waals surface area contributed by atoms with Gasteiger partial charge < -0.3 is 14.4 Å². The summed E-state index contributed by atoms with van der Waals surface area (Å²) in [6.45, 7) is 2.74. The summed E-state index contributed by atoms with van der Waals surface area (Å²) in [6.07, 6.45) is 5.69. The summed E-state index contributed by atoms with van der Waals surface area (Å²) in [5, 5.41) is 10.1. The predicted molar refractivity (Wildman–Crippen MR) is 56.5 cm³/mol. The Morgan fingerprint density at radius 1 is 1.73 bits per heavy atom. The average molecular weight is 210 g/mol. The second kappa shape index (κ2) is 3.94. The van der Waals surface area contributed by atoms with E-state index in [1.54, 1.807) is 6.20 Å². The molecule has 0 spiro atoms. The number of aromatic nitrogens is 2. The van der Waals surface area contributed by atoms with Crippen molar-refractivity contribution >= 4 is 0 Å². The highest BCUT2D eigenvalue weighted by molar-refractivity contribution is 4.98. The molecule has 2 heterocycles. The van der Waals surface area contributed by atoms with Crippen LogP contribution >= 0.6 is 0 Å². The van der Waals surface area contributed by atoms with Gasteiger partial charge in [-0.2, -0.15) is 0 Å². The van der Waals surface area contributed by atoms with Crippen molar-refractivity contribution in [3.05, 3.63) is 18.2 Å². The van der Waals surface area contributed by atoms with Crippen LogP contribution in [0.1, 0.15) is 25.6 Å². The molecule has 0 saturated carbocycles. The Morgan fingerprint density at radius 3 is 3.07 bits per heavy atom. The highest BCUT2D eigenvalue weighted by Gasteiger charge is 2.37. The minimum absolute atomic E-state index is 0.383. The van der Waals surface area contributed by atoms with Crippen molar-refractivity contribution in [3.63, 3.8) is 0 Å². The number of ether oxygens (including phenoxy) is 1. The molecule has 0 aromatic carbocycles. The number of imidazole rings is 1. The monoisotopic (exact) mass is 210 g/mol. The molecule has 2 atom stereocenters. The maximum Gasteiger partial charge on any atom is 0.111 e. The van der Waals surface area contributed by atoms with Crippen molar-refractivity contribution in [3.8, 4) is 0 Å². The fourth-order valence-corrected chi connectivity index (χ4v) is 2.05. The highest BCUT2D eigenvalue weighted by atomic mass is 16.5. The lowest BCUT2D eigenvalue weighted by molar-refractivity contribution is -0.0776. The van der Waals surface area contributed by atoms with Gasteiger partial charge in [0.05, 0.1) is 11.7 Å². The van der Waals surface area contributed by atoms with Crippen LogP contribution in [0.5, 0.6) is 0 Å². The van der Waals surface area contributed by atoms with Gasteiger partial charge in [-0.3, -0.25) is 0 Å². The first-order valence-corrected chi connectivity index (χ1v) is 5.40. The van der Waals surface area contributed by atoms with Gasteiger partial charge in [0, 0.05) is 32.5 Å². The molecule has 2 rings (SSSR count). The maximum absolute atomic E-state index is 10.1. The zero-order valence-corrected chi connectivity index (χ0v) is 9.31. The van der Waals surface area contributed by atoms with E-state index in [2.05, 4.69) is 4.98 Å². The van der Waals surface area contributed by atoms with Crippen LogP contribution < -0.4 is 0 Å². The normalized spacial score (nSPS) is 28.2. The topological polar surface area (TPSA) is 47.3 Å². The number of nitrogens with zero attached hydrogens (tertiary/aromatic N) is 2. The van der Waals surface area contributed by atoms with Gasteiger partial charge in [0.2, 0.25) is 0 Å². The minimum Gasteiger partial charge on any atom is -0.390 e. The van der Waals surface area contributed by atoms with Crippen molar-refractivity contribution in [1.29, 1.82) is 0 Å². The Bertz CT molecular complexity index is 329. The van der Waals surface area contributed by atoms with E-state index in [-0.39, 0.29) is 5.60 Å². The van der Waals surface area contributed by atoms with Gasteiger partial charge in [0.25, 0.3) is 0 Å². The first-order chi connectivity index (χ1) is 7.12. The van der Waals surface area contributed by atoms with Crippen LogP contribution in [0.4, 0.5) is 0 Å². The van der Waals surface area contributed by atoms with Gasteiger partial charge in [-0.15, -0.1) is 0 Å². The molecule has 0 bridgehead atoms. The smallest absolute Gasteiger partial charge is 0.111 e. The van der Waals surface area contributed by atoms with Crippen LogP contribution in [0.3, 0.4) is 0 Å². The molecule has 1 saturated heterocycles. The van der Waals surface area contributed by atoms with Crippen LogP contribution in [0.15, 0.2) is 12.4 Å². The molecule has 1 fully saturated rings. The van der Waals surface area contributed by atoms with E-state index in [1.165, 1.54) is 0 Å². The summed E-state index contributed by atoms with van der Waals surface area (Å²) >= 11 is 0. The lowest BCUT2D eigenvalue weighted by Crippen LogP contribution is -2.40. The molecule has 15 heavy (non-hydrogen) atoms. The maximum atomic E-state index is 10.1. The first kappa shape index (κ1) is 10.6. The second-order valence-corrected chi connectivity index (χ2v) is 4.44. The van der Waals surface area contributed by atoms with Gasteiger partial charge in [0.15, 0.2) is 0 Å². The van der Waals surface area contributed by atoms with E-state index >= 15 is 0 Å². The summed E-state index contributed by atoms with van der Waals surface area (Å²) in [5.74, 6) is 0.902. The van der Waals surface area contributed by atoms with E-state index in [9.17, 15) is 5.11 Å². The molecule has 84 valence electrons. The van der Waals surface area contributed by atoms with E-state index in [1.807, 2.05) is 24.7 Å². The van der Waals surface area contributed by atoms with Crippen molar-refractivity contribution in [2.24, 2.45) is 7.05 Å². The van der Waals surface area contributed by atoms with Gasteiger partial charge in [-0.1, -0.05) is 0 Å². The van der Waals surface area contributed by atoms with Crippen molar-refractivity contribution in [2.45, 2.75) is 37.9 Å². The third kappa shape index (κ3) is 2.06. The number of aryl methyl sites for hydroxylation is 1. The Balaban J connectivity index is 2.03. The molecule has 1 aliphatic heterocycles. The molecule has 1 aliphatic rings. The molecule has 0 aliphatic carbocycles. The third-order valence-corrected chi connectivity index (χ3v) is 3.25.